The normalized spacial score (nSPS) is 16.2. The number of aromatic nitrogens is 2. The Morgan fingerprint density at radius 2 is 1.94 bits per heavy atom. The zero-order chi connectivity index (χ0) is 21.4. The number of pyridine rings is 2. The average molecular weight is 501 g/mol. The van der Waals surface area contributed by atoms with Crippen molar-refractivity contribution in [1.29, 1.82) is 0 Å². The van der Waals surface area contributed by atoms with Crippen molar-refractivity contribution in [2.24, 2.45) is 5.73 Å². The number of benzene rings is 1. The predicted octanol–water partition coefficient (Wildman–Crippen LogP) is 7.30. The number of anilines is 1. The van der Waals surface area contributed by atoms with Gasteiger partial charge < -0.3 is 10.6 Å². The standard InChI is InChI=1S/C22H17ClN4S4/c1-13-12-29-22(24)27(13)21-19(31-17-5-3-2-4-15(17)23)10-14(11-26-21)30-18-6-8-25-16-7-9-28-20(16)18/h2-12,22H,24H2,1H3. The molecule has 5 rings (SSSR count). The summed E-state index contributed by atoms with van der Waals surface area (Å²) >= 11 is 13.1. The van der Waals surface area contributed by atoms with Crippen LogP contribution in [-0.2, 0) is 0 Å². The summed E-state index contributed by atoms with van der Waals surface area (Å²) in [4.78, 5) is 15.6. The minimum atomic E-state index is -0.192. The zero-order valence-electron chi connectivity index (χ0n) is 16.4. The van der Waals surface area contributed by atoms with E-state index in [4.69, 9.17) is 22.3 Å². The van der Waals surface area contributed by atoms with Crippen molar-refractivity contribution < 1.29 is 0 Å². The van der Waals surface area contributed by atoms with E-state index in [1.165, 1.54) is 9.60 Å². The van der Waals surface area contributed by atoms with Crippen molar-refractivity contribution in [2.75, 3.05) is 4.90 Å². The van der Waals surface area contributed by atoms with Crippen molar-refractivity contribution in [3.63, 3.8) is 0 Å². The zero-order valence-corrected chi connectivity index (χ0v) is 20.4. The van der Waals surface area contributed by atoms with E-state index in [9.17, 15) is 0 Å². The number of thiophene rings is 1. The Morgan fingerprint density at radius 3 is 2.74 bits per heavy atom. The fraction of sp³-hybridized carbons (Fsp3) is 0.0909. The summed E-state index contributed by atoms with van der Waals surface area (Å²) in [5.74, 6) is 0.844. The number of thioether (sulfide) groups is 1. The Hall–Kier alpha value is -1.68. The van der Waals surface area contributed by atoms with Gasteiger partial charge in [-0.05, 0) is 48.0 Å². The van der Waals surface area contributed by atoms with Gasteiger partial charge in [0, 0.05) is 32.8 Å². The highest BCUT2D eigenvalue weighted by molar-refractivity contribution is 8.03. The molecule has 4 heterocycles. The maximum atomic E-state index is 6.46. The molecule has 4 aromatic rings. The smallest absolute Gasteiger partial charge is 0.148 e. The Morgan fingerprint density at radius 1 is 1.06 bits per heavy atom. The first kappa shape index (κ1) is 21.2. The van der Waals surface area contributed by atoms with E-state index >= 15 is 0 Å². The number of nitrogens with two attached hydrogens (primary N) is 1. The van der Waals surface area contributed by atoms with Crippen LogP contribution in [-0.4, -0.2) is 15.5 Å². The van der Waals surface area contributed by atoms with Crippen molar-refractivity contribution in [1.82, 2.24) is 9.97 Å². The summed E-state index contributed by atoms with van der Waals surface area (Å²) in [5.41, 5.74) is 8.27. The van der Waals surface area contributed by atoms with Gasteiger partial charge >= 0.3 is 0 Å². The SMILES string of the molecule is CC1=CSC(N)N1c1ncc(Sc2ccnc3ccsc23)cc1Sc1ccccc1Cl. The molecule has 9 heteroatoms. The van der Waals surface area contributed by atoms with Crippen molar-refractivity contribution in [3.8, 4) is 0 Å². The van der Waals surface area contributed by atoms with Crippen LogP contribution in [0.3, 0.4) is 0 Å². The lowest BCUT2D eigenvalue weighted by atomic mass is 10.4. The highest BCUT2D eigenvalue weighted by atomic mass is 35.5. The third-order valence-electron chi connectivity index (χ3n) is 4.64. The lowest BCUT2D eigenvalue weighted by Gasteiger charge is -2.26. The van der Waals surface area contributed by atoms with Gasteiger partial charge in [-0.25, -0.2) is 4.98 Å². The highest BCUT2D eigenvalue weighted by Gasteiger charge is 2.26. The molecule has 2 N–H and O–H groups in total. The number of allylic oxidation sites excluding steroid dienone is 1. The molecule has 1 atom stereocenters. The topological polar surface area (TPSA) is 55.0 Å². The lowest BCUT2D eigenvalue weighted by molar-refractivity contribution is 0.848. The van der Waals surface area contributed by atoms with Crippen LogP contribution in [0, 0.1) is 0 Å². The Kier molecular flexibility index (Phi) is 6.19. The van der Waals surface area contributed by atoms with E-state index in [1.54, 1.807) is 46.6 Å². The van der Waals surface area contributed by atoms with Crippen LogP contribution in [0.5, 0.6) is 0 Å². The number of fused-ring (bicyclic) bond motifs is 1. The Labute approximate surface area is 202 Å². The van der Waals surface area contributed by atoms with Crippen LogP contribution in [0.1, 0.15) is 6.92 Å². The minimum absolute atomic E-state index is 0.192. The molecule has 0 bridgehead atoms. The molecule has 1 aliphatic heterocycles. The largest absolute Gasteiger partial charge is 0.303 e. The number of hydrogen-bond acceptors (Lipinski definition) is 8. The van der Waals surface area contributed by atoms with Crippen LogP contribution < -0.4 is 10.6 Å². The maximum absolute atomic E-state index is 6.46. The average Bonchev–Trinajstić information content (AvgIpc) is 3.37. The van der Waals surface area contributed by atoms with Crippen molar-refractivity contribution in [2.45, 2.75) is 32.0 Å². The number of hydrogen-bond donors (Lipinski definition) is 1. The second-order valence-electron chi connectivity index (χ2n) is 6.73. The lowest BCUT2D eigenvalue weighted by Crippen LogP contribution is -2.35. The van der Waals surface area contributed by atoms with Gasteiger partial charge in [-0.2, -0.15) is 0 Å². The molecule has 1 aliphatic rings. The molecular formula is C22H17ClN4S4. The summed E-state index contributed by atoms with van der Waals surface area (Å²) in [6.07, 6.45) is 3.77. The van der Waals surface area contributed by atoms with E-state index in [0.717, 1.165) is 36.7 Å². The molecule has 1 unspecified atom stereocenters. The summed E-state index contributed by atoms with van der Waals surface area (Å²) in [5, 5.41) is 4.87. The van der Waals surface area contributed by atoms with E-state index in [-0.39, 0.29) is 5.50 Å². The van der Waals surface area contributed by atoms with Gasteiger partial charge in [0.2, 0.25) is 0 Å². The monoisotopic (exact) mass is 500 g/mol. The number of nitrogens with zero attached hydrogens (tertiary/aromatic N) is 3. The first-order valence-electron chi connectivity index (χ1n) is 9.40. The fourth-order valence-electron chi connectivity index (χ4n) is 3.21. The van der Waals surface area contributed by atoms with Gasteiger partial charge in [0.25, 0.3) is 0 Å². The minimum Gasteiger partial charge on any atom is -0.303 e. The van der Waals surface area contributed by atoms with Crippen LogP contribution in [0.25, 0.3) is 10.2 Å². The summed E-state index contributed by atoms with van der Waals surface area (Å²) < 4.78 is 1.19. The Balaban J connectivity index is 1.56. The van der Waals surface area contributed by atoms with Gasteiger partial charge in [-0.1, -0.05) is 59.0 Å². The van der Waals surface area contributed by atoms with E-state index in [2.05, 4.69) is 39.7 Å². The molecule has 0 aliphatic carbocycles. The van der Waals surface area contributed by atoms with Gasteiger partial charge in [0.05, 0.1) is 20.1 Å². The molecule has 0 saturated carbocycles. The second kappa shape index (κ2) is 9.05. The fourth-order valence-corrected chi connectivity index (χ4v) is 7.24. The summed E-state index contributed by atoms with van der Waals surface area (Å²) in [6, 6.07) is 14.1. The van der Waals surface area contributed by atoms with E-state index in [1.807, 2.05) is 42.7 Å². The quantitative estimate of drug-likeness (QED) is 0.308. The second-order valence-corrected chi connectivity index (χ2v) is 11.2. The molecule has 31 heavy (non-hydrogen) atoms. The van der Waals surface area contributed by atoms with Crippen LogP contribution in [0.2, 0.25) is 5.02 Å². The van der Waals surface area contributed by atoms with Crippen molar-refractivity contribution in [3.05, 3.63) is 76.4 Å². The van der Waals surface area contributed by atoms with Crippen LogP contribution in [0.4, 0.5) is 5.82 Å². The molecule has 0 spiro atoms. The Bertz CT molecular complexity index is 1290. The van der Waals surface area contributed by atoms with Gasteiger partial charge in [-0.3, -0.25) is 4.98 Å². The number of halogens is 1. The molecule has 0 amide bonds. The summed E-state index contributed by atoms with van der Waals surface area (Å²) in [6.45, 7) is 2.05. The molecule has 0 fully saturated rings. The maximum Gasteiger partial charge on any atom is 0.148 e. The molecule has 0 radical (unpaired) electrons. The highest BCUT2D eigenvalue weighted by Crippen LogP contribution is 2.44. The van der Waals surface area contributed by atoms with Gasteiger partial charge in [0.15, 0.2) is 0 Å². The third-order valence-corrected chi connectivity index (χ3v) is 9.23. The van der Waals surface area contributed by atoms with E-state index in [0.29, 0.717) is 0 Å². The van der Waals surface area contributed by atoms with Crippen molar-refractivity contribution >= 4 is 74.3 Å². The molecule has 4 nitrogen and oxygen atoms in total. The molecule has 3 aromatic heterocycles. The number of rotatable bonds is 5. The van der Waals surface area contributed by atoms with Gasteiger partial charge in [-0.15, -0.1) is 11.3 Å². The predicted molar refractivity (Wildman–Crippen MR) is 135 cm³/mol. The third kappa shape index (κ3) is 4.33. The molecule has 0 saturated heterocycles. The first-order valence-corrected chi connectivity index (χ1v) is 13.2. The van der Waals surface area contributed by atoms with E-state index < -0.39 is 0 Å². The first-order chi connectivity index (χ1) is 15.1. The van der Waals surface area contributed by atoms with Crippen LogP contribution in [0.15, 0.2) is 90.9 Å². The van der Waals surface area contributed by atoms with Gasteiger partial charge in [0.1, 0.15) is 11.3 Å². The van der Waals surface area contributed by atoms with Crippen LogP contribution >= 0.6 is 58.2 Å². The molecule has 156 valence electrons. The summed E-state index contributed by atoms with van der Waals surface area (Å²) in [7, 11) is 0. The molecule has 1 aromatic carbocycles. The molecular weight excluding hydrogens is 484 g/mol.